The highest BCUT2D eigenvalue weighted by Gasteiger charge is 2.68. The lowest BCUT2D eigenvalue weighted by Crippen LogP contribution is -2.42. The Morgan fingerprint density at radius 1 is 0.686 bits per heavy atom. The van der Waals surface area contributed by atoms with Crippen molar-refractivity contribution in [2.75, 3.05) is 0 Å². The number of phenols is 1. The maximum absolute atomic E-state index is 9.01. The number of aromatic hydroxyl groups is 1. The molecule has 9 rings (SSSR count). The molecule has 14 atom stereocenters. The molecule has 0 spiro atoms. The molecule has 51 heavy (non-hydrogen) atoms. The van der Waals surface area contributed by atoms with E-state index in [1.807, 2.05) is 12.1 Å². The van der Waals surface area contributed by atoms with Crippen molar-refractivity contribution < 1.29 is 14.6 Å². The first-order chi connectivity index (χ1) is 24.7. The Bertz CT molecular complexity index is 1560. The number of benzene rings is 3. The minimum Gasteiger partial charge on any atom is -0.508 e. The molecule has 4 bridgehead atoms. The van der Waals surface area contributed by atoms with Crippen molar-refractivity contribution in [3.63, 3.8) is 0 Å². The molecule has 0 heterocycles. The van der Waals surface area contributed by atoms with Crippen LogP contribution in [0.1, 0.15) is 140 Å². The molecule has 5 fully saturated rings. The zero-order valence-electron chi connectivity index (χ0n) is 32.6. The maximum Gasteiger partial charge on any atom is 0.197 e. The Kier molecular flexibility index (Phi) is 11.2. The molecule has 0 aromatic heterocycles. The Hall–Kier alpha value is -2.78. The lowest BCUT2D eigenvalue weighted by atomic mass is 9.64. The summed E-state index contributed by atoms with van der Waals surface area (Å²) in [6, 6.07) is 24.9. The molecule has 6 aliphatic carbocycles. The third-order valence-corrected chi connectivity index (χ3v) is 15.1. The summed E-state index contributed by atoms with van der Waals surface area (Å²) >= 11 is 0. The molecule has 5 saturated carbocycles. The van der Waals surface area contributed by atoms with Crippen molar-refractivity contribution in [2.45, 2.75) is 136 Å². The fraction of sp³-hybridized carbons (Fsp3) is 0.625. The topological polar surface area (TPSA) is 38.7 Å². The standard InChI is InChI=1S/C27H38O2.C11H14.C10H14O/c1-4-15(2)17-8-10-19(11-9-17)28-16(3)29-25-13-18-12-24(25)27-23-14-22(26(18)27)20-6-5-7-21(20)23;1-8-7-10-5-3-4-6-11(10)9(8)2;1-3-8(2)9-4-6-10(11)7-5-9/h8-11,15-16,18,20-27H,4-7,12-14H2,1-3H3;3-6,8-9H,7H2,1-2H3;4-8,11H,3H2,1-2H3. The summed E-state index contributed by atoms with van der Waals surface area (Å²) in [4.78, 5) is 0. The van der Waals surface area contributed by atoms with Crippen molar-refractivity contribution in [3.8, 4) is 11.5 Å². The summed E-state index contributed by atoms with van der Waals surface area (Å²) in [7, 11) is 0. The molecule has 3 aromatic rings. The van der Waals surface area contributed by atoms with Gasteiger partial charge in [0, 0.05) is 0 Å². The fourth-order valence-corrected chi connectivity index (χ4v) is 12.0. The van der Waals surface area contributed by atoms with Gasteiger partial charge in [0.25, 0.3) is 0 Å². The zero-order chi connectivity index (χ0) is 35.8. The van der Waals surface area contributed by atoms with Gasteiger partial charge in [-0.3, -0.25) is 0 Å². The molecule has 3 aromatic carbocycles. The van der Waals surface area contributed by atoms with Crippen LogP contribution in [0, 0.1) is 53.3 Å². The minimum absolute atomic E-state index is 0.148. The van der Waals surface area contributed by atoms with E-state index in [1.165, 1.54) is 49.7 Å². The van der Waals surface area contributed by atoms with Crippen molar-refractivity contribution in [2.24, 2.45) is 53.3 Å². The molecule has 1 N–H and O–H groups in total. The van der Waals surface area contributed by atoms with E-state index >= 15 is 0 Å². The predicted octanol–water partition coefficient (Wildman–Crippen LogP) is 12.5. The molecule has 6 aliphatic rings. The van der Waals surface area contributed by atoms with Gasteiger partial charge in [0.15, 0.2) is 6.29 Å². The second-order valence-corrected chi connectivity index (χ2v) is 17.7. The summed E-state index contributed by atoms with van der Waals surface area (Å²) in [6.45, 7) is 15.6. The summed E-state index contributed by atoms with van der Waals surface area (Å²) in [6.07, 6.45) is 12.8. The molecule has 3 heteroatoms. The Morgan fingerprint density at radius 2 is 1.29 bits per heavy atom. The van der Waals surface area contributed by atoms with Crippen LogP contribution < -0.4 is 4.74 Å². The lowest BCUT2D eigenvalue weighted by Gasteiger charge is -2.43. The second-order valence-electron chi connectivity index (χ2n) is 17.7. The van der Waals surface area contributed by atoms with Crippen LogP contribution in [0.15, 0.2) is 72.8 Å². The van der Waals surface area contributed by atoms with Gasteiger partial charge < -0.3 is 14.6 Å². The molecular formula is C48H66O3. The minimum atomic E-state index is -0.148. The first-order valence-electron chi connectivity index (χ1n) is 20.9. The van der Waals surface area contributed by atoms with Gasteiger partial charge in [0.1, 0.15) is 11.5 Å². The van der Waals surface area contributed by atoms with Gasteiger partial charge >= 0.3 is 0 Å². The van der Waals surface area contributed by atoms with E-state index in [0.29, 0.717) is 23.7 Å². The van der Waals surface area contributed by atoms with Gasteiger partial charge in [0.2, 0.25) is 0 Å². The van der Waals surface area contributed by atoms with Crippen LogP contribution in [0.3, 0.4) is 0 Å². The second kappa shape index (κ2) is 15.7. The smallest absolute Gasteiger partial charge is 0.197 e. The number of hydrogen-bond donors (Lipinski definition) is 1. The largest absolute Gasteiger partial charge is 0.508 e. The highest BCUT2D eigenvalue weighted by atomic mass is 16.7. The summed E-state index contributed by atoms with van der Waals surface area (Å²) < 4.78 is 12.7. The van der Waals surface area contributed by atoms with Crippen LogP contribution >= 0.6 is 0 Å². The van der Waals surface area contributed by atoms with Crippen molar-refractivity contribution in [1.29, 1.82) is 0 Å². The van der Waals surface area contributed by atoms with Crippen LogP contribution in [0.5, 0.6) is 11.5 Å². The normalized spacial score (nSPS) is 35.1. The highest BCUT2D eigenvalue weighted by molar-refractivity contribution is 5.35. The third-order valence-electron chi connectivity index (χ3n) is 15.1. The average Bonchev–Trinajstić information content (AvgIpc) is 3.99. The molecule has 0 aliphatic heterocycles. The molecule has 3 nitrogen and oxygen atoms in total. The Morgan fingerprint density at radius 3 is 1.92 bits per heavy atom. The van der Waals surface area contributed by atoms with Gasteiger partial charge in [-0.25, -0.2) is 0 Å². The number of phenolic OH excluding ortho intramolecular Hbond substituents is 1. The molecule has 0 saturated heterocycles. The number of fused-ring (bicyclic) bond motifs is 13. The van der Waals surface area contributed by atoms with Gasteiger partial charge in [-0.1, -0.05) is 96.5 Å². The van der Waals surface area contributed by atoms with E-state index in [4.69, 9.17) is 14.6 Å². The lowest BCUT2D eigenvalue weighted by molar-refractivity contribution is -0.140. The summed E-state index contributed by atoms with van der Waals surface area (Å²) in [5, 5.41) is 9.01. The monoisotopic (exact) mass is 691 g/mol. The van der Waals surface area contributed by atoms with Crippen molar-refractivity contribution in [3.05, 3.63) is 95.1 Å². The van der Waals surface area contributed by atoms with E-state index in [-0.39, 0.29) is 6.29 Å². The molecular weight excluding hydrogens is 625 g/mol. The molecule has 276 valence electrons. The van der Waals surface area contributed by atoms with Crippen LogP contribution in [-0.2, 0) is 11.2 Å². The Labute approximate surface area is 309 Å². The van der Waals surface area contributed by atoms with E-state index in [2.05, 4.69) is 97.0 Å². The quantitative estimate of drug-likeness (QED) is 0.189. The number of rotatable bonds is 8. The van der Waals surface area contributed by atoms with E-state index in [0.717, 1.165) is 71.3 Å². The Balaban J connectivity index is 0.000000151. The summed E-state index contributed by atoms with van der Waals surface area (Å²) in [5.41, 5.74) is 5.83. The number of hydrogen-bond acceptors (Lipinski definition) is 3. The van der Waals surface area contributed by atoms with Gasteiger partial charge in [0.05, 0.1) is 6.10 Å². The van der Waals surface area contributed by atoms with E-state index in [1.54, 1.807) is 36.1 Å². The average molecular weight is 691 g/mol. The van der Waals surface area contributed by atoms with Crippen LogP contribution in [-0.4, -0.2) is 17.5 Å². The van der Waals surface area contributed by atoms with Crippen LogP contribution in [0.2, 0.25) is 0 Å². The SMILES string of the molecule is CC1Cc2ccccc2C1C.CCC(C)c1ccc(O)cc1.CCC(C)c1ccc(OC(C)OC2CC3CC2C2C4CC(C5CCCC54)C32)cc1. The van der Waals surface area contributed by atoms with Crippen LogP contribution in [0.4, 0.5) is 0 Å². The predicted molar refractivity (Wildman–Crippen MR) is 210 cm³/mol. The first kappa shape index (κ1) is 36.6. The fourth-order valence-electron chi connectivity index (χ4n) is 12.0. The zero-order valence-corrected chi connectivity index (χ0v) is 32.6. The number of ether oxygens (including phenoxy) is 2. The highest BCUT2D eigenvalue weighted by Crippen LogP contribution is 2.73. The summed E-state index contributed by atoms with van der Waals surface area (Å²) in [5.74, 6) is 12.3. The maximum atomic E-state index is 9.01. The van der Waals surface area contributed by atoms with Gasteiger partial charge in [-0.2, -0.15) is 0 Å². The molecule has 0 radical (unpaired) electrons. The van der Waals surface area contributed by atoms with Gasteiger partial charge in [-0.15, -0.1) is 0 Å². The van der Waals surface area contributed by atoms with E-state index in [9.17, 15) is 0 Å². The van der Waals surface area contributed by atoms with Crippen molar-refractivity contribution in [1.82, 2.24) is 0 Å². The molecule has 0 amide bonds. The molecule has 14 unspecified atom stereocenters. The van der Waals surface area contributed by atoms with Gasteiger partial charge in [-0.05, 0) is 176 Å². The first-order valence-corrected chi connectivity index (χ1v) is 20.9. The van der Waals surface area contributed by atoms with Crippen molar-refractivity contribution >= 4 is 0 Å². The third kappa shape index (κ3) is 7.40. The van der Waals surface area contributed by atoms with E-state index < -0.39 is 0 Å². The van der Waals surface area contributed by atoms with Crippen LogP contribution in [0.25, 0.3) is 0 Å².